The largest absolute Gasteiger partial charge is 0.351 e. The van der Waals surface area contributed by atoms with E-state index in [1.54, 1.807) is 0 Å². The molecule has 0 spiro atoms. The van der Waals surface area contributed by atoms with Gasteiger partial charge < -0.3 is 4.90 Å². The predicted molar refractivity (Wildman–Crippen MR) is 73.8 cm³/mol. The van der Waals surface area contributed by atoms with Crippen LogP contribution in [0.25, 0.3) is 6.08 Å². The lowest BCUT2D eigenvalue weighted by atomic mass is 9.96. The third kappa shape index (κ3) is 2.54. The normalized spacial score (nSPS) is 11.9. The first kappa shape index (κ1) is 12.6. The molecule has 0 saturated heterocycles. The summed E-state index contributed by atoms with van der Waals surface area (Å²) in [6, 6.07) is 6.55. The van der Waals surface area contributed by atoms with Gasteiger partial charge in [0.25, 0.3) is 0 Å². The number of rotatable bonds is 5. The minimum Gasteiger partial charge on any atom is -0.351 e. The van der Waals surface area contributed by atoms with Crippen LogP contribution in [0.5, 0.6) is 0 Å². The first-order valence-corrected chi connectivity index (χ1v) is 5.75. The highest BCUT2D eigenvalue weighted by Crippen LogP contribution is 2.27. The lowest BCUT2D eigenvalue weighted by Crippen LogP contribution is -2.09. The van der Waals surface area contributed by atoms with E-state index in [1.807, 2.05) is 24.2 Å². The summed E-state index contributed by atoms with van der Waals surface area (Å²) in [5.74, 6) is 0.599. The van der Waals surface area contributed by atoms with E-state index < -0.39 is 0 Å². The van der Waals surface area contributed by atoms with Crippen molar-refractivity contribution in [1.29, 1.82) is 0 Å². The maximum atomic E-state index is 3.87. The summed E-state index contributed by atoms with van der Waals surface area (Å²) in [5, 5.41) is 0. The lowest BCUT2D eigenvalue weighted by Gasteiger charge is -2.19. The van der Waals surface area contributed by atoms with Crippen LogP contribution in [0.2, 0.25) is 0 Å². The molecule has 1 rings (SSSR count). The molecule has 0 radical (unpaired) electrons. The van der Waals surface area contributed by atoms with Gasteiger partial charge in [-0.15, -0.1) is 0 Å². The molecule has 0 aliphatic carbocycles. The molecule has 0 aliphatic heterocycles. The number of anilines is 1. The molecule has 0 N–H and O–H groups in total. The highest BCUT2D eigenvalue weighted by Gasteiger charge is 2.07. The van der Waals surface area contributed by atoms with Gasteiger partial charge in [-0.3, -0.25) is 0 Å². The number of hydrogen-bond acceptors (Lipinski definition) is 1. The molecule has 1 heteroatoms. The van der Waals surface area contributed by atoms with Crippen LogP contribution in [-0.2, 0) is 0 Å². The molecule has 0 aromatic heterocycles. The molecule has 0 saturated carbocycles. The van der Waals surface area contributed by atoms with Crippen LogP contribution < -0.4 is 4.90 Å². The van der Waals surface area contributed by atoms with Gasteiger partial charge in [-0.1, -0.05) is 39.1 Å². The highest BCUT2D eigenvalue weighted by atomic mass is 15.1. The highest BCUT2D eigenvalue weighted by molar-refractivity contribution is 5.68. The van der Waals surface area contributed by atoms with Gasteiger partial charge in [0, 0.05) is 12.7 Å². The first-order chi connectivity index (χ1) is 7.63. The van der Waals surface area contributed by atoms with Crippen molar-refractivity contribution in [2.75, 3.05) is 11.9 Å². The van der Waals surface area contributed by atoms with Crippen LogP contribution in [0.15, 0.2) is 37.6 Å². The first-order valence-electron chi connectivity index (χ1n) is 5.75. The Bertz CT molecular complexity index is 379. The standard InChI is InChI=1S/C15H21N/c1-6-12(4)14-9-10-15(16(5)8-3)13(7-2)11-14/h7-12H,2-3,6H2,1,4-5H3. The van der Waals surface area contributed by atoms with Crippen molar-refractivity contribution in [3.8, 4) is 0 Å². The Hall–Kier alpha value is -1.50. The van der Waals surface area contributed by atoms with Crippen LogP contribution >= 0.6 is 0 Å². The zero-order chi connectivity index (χ0) is 12.1. The molecule has 1 aromatic carbocycles. The molecule has 0 aliphatic rings. The lowest BCUT2D eigenvalue weighted by molar-refractivity contribution is 0.733. The van der Waals surface area contributed by atoms with E-state index in [0.29, 0.717) is 5.92 Å². The van der Waals surface area contributed by atoms with E-state index >= 15 is 0 Å². The fourth-order valence-corrected chi connectivity index (χ4v) is 1.70. The van der Waals surface area contributed by atoms with E-state index in [4.69, 9.17) is 0 Å². The van der Waals surface area contributed by atoms with E-state index in [-0.39, 0.29) is 0 Å². The Labute approximate surface area is 99.1 Å². The summed E-state index contributed by atoms with van der Waals surface area (Å²) in [6.07, 6.45) is 4.87. The van der Waals surface area contributed by atoms with E-state index in [9.17, 15) is 0 Å². The number of benzene rings is 1. The maximum Gasteiger partial charge on any atom is 0.0476 e. The summed E-state index contributed by atoms with van der Waals surface area (Å²) in [4.78, 5) is 2.01. The van der Waals surface area contributed by atoms with E-state index in [2.05, 4.69) is 45.2 Å². The van der Waals surface area contributed by atoms with Crippen LogP contribution in [0, 0.1) is 0 Å². The van der Waals surface area contributed by atoms with Crippen molar-refractivity contribution in [2.24, 2.45) is 0 Å². The fourth-order valence-electron chi connectivity index (χ4n) is 1.70. The quantitative estimate of drug-likeness (QED) is 0.702. The molecule has 0 heterocycles. The van der Waals surface area contributed by atoms with Crippen LogP contribution in [-0.4, -0.2) is 7.05 Å². The van der Waals surface area contributed by atoms with Gasteiger partial charge in [0.05, 0.1) is 0 Å². The van der Waals surface area contributed by atoms with Gasteiger partial charge in [0.1, 0.15) is 0 Å². The van der Waals surface area contributed by atoms with Crippen molar-refractivity contribution in [3.05, 3.63) is 48.7 Å². The number of hydrogen-bond donors (Lipinski definition) is 0. The van der Waals surface area contributed by atoms with E-state index in [0.717, 1.165) is 12.1 Å². The van der Waals surface area contributed by atoms with Gasteiger partial charge in [-0.2, -0.15) is 0 Å². The average Bonchev–Trinajstić information content (AvgIpc) is 2.35. The molecule has 0 fully saturated rings. The van der Waals surface area contributed by atoms with Gasteiger partial charge >= 0.3 is 0 Å². The summed E-state index contributed by atoms with van der Waals surface area (Å²) in [5.41, 5.74) is 3.69. The van der Waals surface area contributed by atoms with Crippen molar-refractivity contribution in [2.45, 2.75) is 26.2 Å². The second-order valence-electron chi connectivity index (χ2n) is 4.13. The Morgan fingerprint density at radius 1 is 1.38 bits per heavy atom. The number of nitrogens with zero attached hydrogens (tertiary/aromatic N) is 1. The maximum absolute atomic E-state index is 3.87. The average molecular weight is 215 g/mol. The summed E-state index contributed by atoms with van der Waals surface area (Å²) < 4.78 is 0. The second kappa shape index (κ2) is 5.55. The molecule has 1 nitrogen and oxygen atoms in total. The Morgan fingerprint density at radius 2 is 2.06 bits per heavy atom. The molecule has 0 bridgehead atoms. The Balaban J connectivity index is 3.16. The van der Waals surface area contributed by atoms with Gasteiger partial charge in [0.15, 0.2) is 0 Å². The molecular formula is C15H21N. The topological polar surface area (TPSA) is 3.24 Å². The Kier molecular flexibility index (Phi) is 4.36. The summed E-state index contributed by atoms with van der Waals surface area (Å²) in [7, 11) is 2.00. The van der Waals surface area contributed by atoms with Crippen molar-refractivity contribution < 1.29 is 0 Å². The van der Waals surface area contributed by atoms with Crippen LogP contribution in [0.3, 0.4) is 0 Å². The summed E-state index contributed by atoms with van der Waals surface area (Å²) >= 11 is 0. The molecule has 86 valence electrons. The second-order valence-corrected chi connectivity index (χ2v) is 4.13. The van der Waals surface area contributed by atoms with Crippen molar-refractivity contribution >= 4 is 11.8 Å². The third-order valence-corrected chi connectivity index (χ3v) is 3.11. The van der Waals surface area contributed by atoms with Crippen LogP contribution in [0.4, 0.5) is 5.69 Å². The summed E-state index contributed by atoms with van der Waals surface area (Å²) in [6.45, 7) is 12.1. The van der Waals surface area contributed by atoms with Crippen LogP contribution in [0.1, 0.15) is 37.3 Å². The van der Waals surface area contributed by atoms with Gasteiger partial charge in [-0.05, 0) is 41.8 Å². The molecule has 0 amide bonds. The molecule has 1 unspecified atom stereocenters. The zero-order valence-electron chi connectivity index (χ0n) is 10.5. The molecule has 1 atom stereocenters. The molecular weight excluding hydrogens is 194 g/mol. The smallest absolute Gasteiger partial charge is 0.0476 e. The van der Waals surface area contributed by atoms with Crippen molar-refractivity contribution in [1.82, 2.24) is 0 Å². The molecule has 16 heavy (non-hydrogen) atoms. The SMILES string of the molecule is C=Cc1cc(C(C)CC)ccc1N(C)C=C. The van der Waals surface area contributed by atoms with Gasteiger partial charge in [0.2, 0.25) is 0 Å². The minimum absolute atomic E-state index is 0.599. The monoisotopic (exact) mass is 215 g/mol. The van der Waals surface area contributed by atoms with E-state index in [1.165, 1.54) is 11.1 Å². The van der Waals surface area contributed by atoms with Crippen molar-refractivity contribution in [3.63, 3.8) is 0 Å². The zero-order valence-corrected chi connectivity index (χ0v) is 10.5. The Morgan fingerprint density at radius 3 is 2.56 bits per heavy atom. The van der Waals surface area contributed by atoms with Gasteiger partial charge in [-0.25, -0.2) is 0 Å². The minimum atomic E-state index is 0.599. The third-order valence-electron chi connectivity index (χ3n) is 3.11. The predicted octanol–water partition coefficient (Wildman–Crippen LogP) is 4.42. The fraction of sp³-hybridized carbons (Fsp3) is 0.333. The molecule has 1 aromatic rings.